The molecule has 0 radical (unpaired) electrons. The number of para-hydroxylation sites is 1. The van der Waals surface area contributed by atoms with Crippen LogP contribution >= 0.6 is 0 Å². The number of sulfonamides is 1. The van der Waals surface area contributed by atoms with Crippen LogP contribution in [0.4, 0.5) is 5.69 Å². The van der Waals surface area contributed by atoms with Gasteiger partial charge in [0, 0.05) is 0 Å². The van der Waals surface area contributed by atoms with Gasteiger partial charge in [-0.05, 0) is 30.7 Å². The largest absolute Gasteiger partial charge is 0.467 e. The van der Waals surface area contributed by atoms with E-state index >= 15 is 0 Å². The van der Waals surface area contributed by atoms with Gasteiger partial charge in [0.05, 0.1) is 30.7 Å². The third kappa shape index (κ3) is 4.63. The van der Waals surface area contributed by atoms with Crippen molar-refractivity contribution < 1.29 is 17.6 Å². The molecule has 22 heavy (non-hydrogen) atoms. The summed E-state index contributed by atoms with van der Waals surface area (Å²) < 4.78 is 30.3. The second-order valence-corrected chi connectivity index (χ2v) is 6.76. The summed E-state index contributed by atoms with van der Waals surface area (Å²) in [4.78, 5) is 12.1. The first-order valence-electron chi connectivity index (χ1n) is 6.73. The molecule has 1 aromatic heterocycles. The molecule has 2 aromatic rings. The molecular weight excluding hydrogens is 304 g/mol. The van der Waals surface area contributed by atoms with Crippen LogP contribution in [-0.2, 0) is 21.2 Å². The van der Waals surface area contributed by atoms with Gasteiger partial charge in [-0.15, -0.1) is 0 Å². The van der Waals surface area contributed by atoms with E-state index in [0.29, 0.717) is 17.0 Å². The summed E-state index contributed by atoms with van der Waals surface area (Å²) in [5.74, 6) is 0.447. The van der Waals surface area contributed by atoms with Crippen LogP contribution in [0.2, 0.25) is 0 Å². The minimum absolute atomic E-state index is 0.0732. The summed E-state index contributed by atoms with van der Waals surface area (Å²) in [7, 11) is -3.39. The predicted molar refractivity (Wildman–Crippen MR) is 83.9 cm³/mol. The number of amides is 1. The summed E-state index contributed by atoms with van der Waals surface area (Å²) in [5, 5.41) is 2.81. The molecule has 1 aromatic carbocycles. The second kappa shape index (κ2) is 6.65. The van der Waals surface area contributed by atoms with E-state index in [1.807, 2.05) is 6.92 Å². The average molecular weight is 322 g/mol. The predicted octanol–water partition coefficient (Wildman–Crippen LogP) is 2.07. The van der Waals surface area contributed by atoms with Crippen molar-refractivity contribution in [3.8, 4) is 0 Å². The summed E-state index contributed by atoms with van der Waals surface area (Å²) in [6.07, 6.45) is 2.69. The lowest BCUT2D eigenvalue weighted by Crippen LogP contribution is -2.28. The van der Waals surface area contributed by atoms with Gasteiger partial charge < -0.3 is 9.73 Å². The third-order valence-electron chi connectivity index (χ3n) is 3.01. The normalized spacial score (nSPS) is 12.6. The summed E-state index contributed by atoms with van der Waals surface area (Å²) in [6, 6.07) is 10.1. The van der Waals surface area contributed by atoms with Gasteiger partial charge in [-0.2, -0.15) is 0 Å². The van der Waals surface area contributed by atoms with Crippen LogP contribution in [0.15, 0.2) is 47.1 Å². The molecule has 0 aliphatic rings. The Morgan fingerprint density at radius 2 is 1.95 bits per heavy atom. The van der Waals surface area contributed by atoms with Crippen molar-refractivity contribution in [2.75, 3.05) is 11.0 Å². The van der Waals surface area contributed by atoms with Crippen LogP contribution in [0.25, 0.3) is 0 Å². The van der Waals surface area contributed by atoms with Crippen molar-refractivity contribution in [1.82, 2.24) is 5.32 Å². The molecule has 0 aliphatic heterocycles. The van der Waals surface area contributed by atoms with Gasteiger partial charge in [0.25, 0.3) is 0 Å². The topological polar surface area (TPSA) is 88.4 Å². The van der Waals surface area contributed by atoms with Crippen molar-refractivity contribution in [3.05, 3.63) is 54.0 Å². The first kappa shape index (κ1) is 16.1. The fourth-order valence-corrected chi connectivity index (χ4v) is 2.65. The van der Waals surface area contributed by atoms with Crippen LogP contribution in [0.1, 0.15) is 24.3 Å². The highest BCUT2D eigenvalue weighted by atomic mass is 32.2. The van der Waals surface area contributed by atoms with E-state index in [9.17, 15) is 13.2 Å². The van der Waals surface area contributed by atoms with E-state index in [0.717, 1.165) is 6.26 Å². The van der Waals surface area contributed by atoms with E-state index < -0.39 is 10.0 Å². The first-order chi connectivity index (χ1) is 10.3. The Morgan fingerprint density at radius 1 is 1.23 bits per heavy atom. The zero-order valence-corrected chi connectivity index (χ0v) is 13.2. The van der Waals surface area contributed by atoms with Crippen molar-refractivity contribution in [1.29, 1.82) is 0 Å². The lowest BCUT2D eigenvalue weighted by atomic mass is 10.1. The molecule has 0 saturated heterocycles. The molecular formula is C15H18N2O4S. The Labute approximate surface area is 129 Å². The molecule has 118 valence electrons. The van der Waals surface area contributed by atoms with E-state index in [-0.39, 0.29) is 18.4 Å². The number of anilines is 1. The summed E-state index contributed by atoms with van der Waals surface area (Å²) >= 11 is 0. The molecule has 0 bridgehead atoms. The fourth-order valence-electron chi connectivity index (χ4n) is 2.05. The van der Waals surface area contributed by atoms with Gasteiger partial charge in [-0.1, -0.05) is 18.2 Å². The molecule has 0 fully saturated rings. The molecule has 6 nitrogen and oxygen atoms in total. The van der Waals surface area contributed by atoms with Crippen LogP contribution in [0, 0.1) is 0 Å². The minimum Gasteiger partial charge on any atom is -0.467 e. The number of benzene rings is 1. The van der Waals surface area contributed by atoms with Gasteiger partial charge in [-0.3, -0.25) is 9.52 Å². The highest BCUT2D eigenvalue weighted by Gasteiger charge is 2.14. The lowest BCUT2D eigenvalue weighted by Gasteiger charge is -2.13. The zero-order valence-electron chi connectivity index (χ0n) is 12.4. The Balaban J connectivity index is 2.05. The minimum atomic E-state index is -3.39. The van der Waals surface area contributed by atoms with Crippen LogP contribution in [0.5, 0.6) is 0 Å². The summed E-state index contributed by atoms with van der Waals surface area (Å²) in [6.45, 7) is 1.82. The van der Waals surface area contributed by atoms with Crippen LogP contribution in [0.3, 0.4) is 0 Å². The highest BCUT2D eigenvalue weighted by Crippen LogP contribution is 2.18. The molecule has 1 unspecified atom stereocenters. The Morgan fingerprint density at radius 3 is 2.59 bits per heavy atom. The van der Waals surface area contributed by atoms with Crippen molar-refractivity contribution >= 4 is 21.6 Å². The number of carbonyl (C=O) groups is 1. The Hall–Kier alpha value is -2.28. The average Bonchev–Trinajstić information content (AvgIpc) is 2.93. The van der Waals surface area contributed by atoms with Crippen molar-refractivity contribution in [2.45, 2.75) is 19.4 Å². The van der Waals surface area contributed by atoms with E-state index in [4.69, 9.17) is 4.42 Å². The maximum Gasteiger partial charge on any atom is 0.229 e. The van der Waals surface area contributed by atoms with Gasteiger partial charge in [-0.25, -0.2) is 8.42 Å². The number of furan rings is 1. The zero-order chi connectivity index (χ0) is 16.2. The van der Waals surface area contributed by atoms with Crippen molar-refractivity contribution in [2.24, 2.45) is 0 Å². The standard InChI is InChI=1S/C15H18N2O4S/c1-11(14-8-5-9-21-14)16-15(18)10-12-6-3-4-7-13(12)17-22(2,19)20/h3-9,11,17H,10H2,1-2H3,(H,16,18). The summed E-state index contributed by atoms with van der Waals surface area (Å²) in [5.41, 5.74) is 1.02. The number of hydrogen-bond donors (Lipinski definition) is 2. The molecule has 0 aliphatic carbocycles. The number of carbonyl (C=O) groups excluding carboxylic acids is 1. The van der Waals surface area contributed by atoms with Crippen molar-refractivity contribution in [3.63, 3.8) is 0 Å². The molecule has 2 rings (SSSR count). The molecule has 0 spiro atoms. The van der Waals surface area contributed by atoms with Gasteiger partial charge in [0.1, 0.15) is 5.76 Å². The molecule has 1 amide bonds. The monoisotopic (exact) mass is 322 g/mol. The molecule has 2 N–H and O–H groups in total. The maximum atomic E-state index is 12.1. The van der Waals surface area contributed by atoms with Gasteiger partial charge in [0.15, 0.2) is 0 Å². The SMILES string of the molecule is CC(NC(=O)Cc1ccccc1NS(C)(=O)=O)c1ccco1. The highest BCUT2D eigenvalue weighted by molar-refractivity contribution is 7.92. The third-order valence-corrected chi connectivity index (χ3v) is 3.60. The Kier molecular flexibility index (Phi) is 4.87. The smallest absolute Gasteiger partial charge is 0.229 e. The molecule has 1 atom stereocenters. The van der Waals surface area contributed by atoms with E-state index in [1.165, 1.54) is 0 Å². The van der Waals surface area contributed by atoms with Crippen LogP contribution in [-0.4, -0.2) is 20.6 Å². The Bertz CT molecular complexity index is 739. The lowest BCUT2D eigenvalue weighted by molar-refractivity contribution is -0.121. The fraction of sp³-hybridized carbons (Fsp3) is 0.267. The van der Waals surface area contributed by atoms with E-state index in [1.54, 1.807) is 42.7 Å². The number of rotatable bonds is 6. The number of nitrogens with one attached hydrogen (secondary N) is 2. The number of hydrogen-bond acceptors (Lipinski definition) is 4. The first-order valence-corrected chi connectivity index (χ1v) is 8.63. The van der Waals surface area contributed by atoms with Crippen LogP contribution < -0.4 is 10.0 Å². The molecule has 7 heteroatoms. The second-order valence-electron chi connectivity index (χ2n) is 5.01. The molecule has 1 heterocycles. The quantitative estimate of drug-likeness (QED) is 0.852. The van der Waals surface area contributed by atoms with Gasteiger partial charge >= 0.3 is 0 Å². The maximum absolute atomic E-state index is 12.1. The van der Waals surface area contributed by atoms with Gasteiger partial charge in [0.2, 0.25) is 15.9 Å². The molecule has 0 saturated carbocycles. The van der Waals surface area contributed by atoms with E-state index in [2.05, 4.69) is 10.0 Å².